The number of hydrogen-bond acceptors (Lipinski definition) is 3. The van der Waals surface area contributed by atoms with E-state index in [2.05, 4.69) is 264 Å². The van der Waals surface area contributed by atoms with Crippen molar-refractivity contribution in [1.82, 2.24) is 19.5 Å². The Hall–Kier alpha value is -10.0. The lowest BCUT2D eigenvalue weighted by Gasteiger charge is -2.19. The molecule has 348 valence electrons. The maximum Gasteiger partial charge on any atom is 0.160 e. The van der Waals surface area contributed by atoms with Crippen molar-refractivity contribution in [3.05, 3.63) is 267 Å². The largest absolute Gasteiger partial charge is 0.308 e. The molecule has 0 N–H and O–H groups in total. The summed E-state index contributed by atoms with van der Waals surface area (Å²) in [5.41, 5.74) is 15.2. The molecule has 0 unspecified atom stereocenters. The van der Waals surface area contributed by atoms with Gasteiger partial charge < -0.3 is 4.57 Å². The lowest BCUT2D eigenvalue weighted by molar-refractivity contribution is 1.17. The first-order valence-electron chi connectivity index (χ1n) is 25.6. The second kappa shape index (κ2) is 17.3. The summed E-state index contributed by atoms with van der Waals surface area (Å²) in [6.45, 7) is 0. The van der Waals surface area contributed by atoms with Crippen LogP contribution in [0.2, 0.25) is 0 Å². The SMILES string of the molecule is c1ccc(-c2c3ccccc3c(-c3ccc(-c4cc(-c5ccc6ccccc6c5)nc(-c5cccc(-c6ccc7c(c6)c6ccncc6n7-c6ccc7ccccc7c6)c5)n4)c4ccccc34)c3ccccc23)cc1. The lowest BCUT2D eigenvalue weighted by atomic mass is 9.84. The first kappa shape index (κ1) is 42.6. The molecule has 0 saturated heterocycles. The molecule has 3 aromatic heterocycles. The van der Waals surface area contributed by atoms with Crippen LogP contribution in [0.5, 0.6) is 0 Å². The van der Waals surface area contributed by atoms with Gasteiger partial charge in [-0.1, -0.05) is 206 Å². The summed E-state index contributed by atoms with van der Waals surface area (Å²) in [7, 11) is 0. The Morgan fingerprint density at radius 1 is 0.280 bits per heavy atom. The van der Waals surface area contributed by atoms with E-state index in [1.165, 1.54) is 76.1 Å². The fraction of sp³-hybridized carbons (Fsp3) is 0. The van der Waals surface area contributed by atoms with Crippen LogP contribution in [0.3, 0.4) is 0 Å². The van der Waals surface area contributed by atoms with Gasteiger partial charge in [0.2, 0.25) is 0 Å². The lowest BCUT2D eigenvalue weighted by Crippen LogP contribution is -1.97. The second-order valence-electron chi connectivity index (χ2n) is 19.5. The predicted octanol–water partition coefficient (Wildman–Crippen LogP) is 18.7. The van der Waals surface area contributed by atoms with E-state index in [4.69, 9.17) is 9.97 Å². The smallest absolute Gasteiger partial charge is 0.160 e. The molecule has 0 amide bonds. The third-order valence-corrected chi connectivity index (χ3v) is 15.2. The highest BCUT2D eigenvalue weighted by Crippen LogP contribution is 2.47. The van der Waals surface area contributed by atoms with Crippen molar-refractivity contribution in [3.63, 3.8) is 0 Å². The van der Waals surface area contributed by atoms with Crippen LogP contribution >= 0.6 is 0 Å². The Balaban J connectivity index is 0.897. The molecule has 4 nitrogen and oxygen atoms in total. The number of fused-ring (bicyclic) bond motifs is 8. The van der Waals surface area contributed by atoms with E-state index in [1.807, 2.05) is 12.4 Å². The molecule has 15 aromatic rings. The molecule has 0 bridgehead atoms. The Labute approximate surface area is 433 Å². The first-order chi connectivity index (χ1) is 37.2. The number of benzene rings is 12. The van der Waals surface area contributed by atoms with Crippen LogP contribution in [0.15, 0.2) is 267 Å². The molecule has 75 heavy (non-hydrogen) atoms. The molecule has 0 aliphatic heterocycles. The van der Waals surface area contributed by atoms with Crippen LogP contribution in [0.1, 0.15) is 0 Å². The summed E-state index contributed by atoms with van der Waals surface area (Å²) in [5.74, 6) is 0.666. The highest BCUT2D eigenvalue weighted by atomic mass is 15.0. The molecule has 0 atom stereocenters. The van der Waals surface area contributed by atoms with Crippen LogP contribution < -0.4 is 0 Å². The second-order valence-corrected chi connectivity index (χ2v) is 19.5. The third-order valence-electron chi connectivity index (χ3n) is 15.2. The summed E-state index contributed by atoms with van der Waals surface area (Å²) in [5, 5.41) is 14.3. The van der Waals surface area contributed by atoms with Gasteiger partial charge in [-0.15, -0.1) is 0 Å². The summed E-state index contributed by atoms with van der Waals surface area (Å²) in [6.07, 6.45) is 3.87. The van der Waals surface area contributed by atoms with E-state index < -0.39 is 0 Å². The Morgan fingerprint density at radius 2 is 0.840 bits per heavy atom. The highest BCUT2D eigenvalue weighted by molar-refractivity contribution is 6.24. The van der Waals surface area contributed by atoms with E-state index in [-0.39, 0.29) is 0 Å². The highest BCUT2D eigenvalue weighted by Gasteiger charge is 2.21. The molecule has 0 saturated carbocycles. The molecule has 0 fully saturated rings. The first-order valence-corrected chi connectivity index (χ1v) is 25.6. The van der Waals surface area contributed by atoms with Crippen molar-refractivity contribution < 1.29 is 0 Å². The topological polar surface area (TPSA) is 43.6 Å². The minimum absolute atomic E-state index is 0.666. The third kappa shape index (κ3) is 7.10. The molecular formula is C71H44N4. The predicted molar refractivity (Wildman–Crippen MR) is 314 cm³/mol. The zero-order valence-electron chi connectivity index (χ0n) is 40.7. The molecule has 0 radical (unpaired) electrons. The molecule has 4 heteroatoms. The zero-order valence-corrected chi connectivity index (χ0v) is 40.7. The fourth-order valence-electron chi connectivity index (χ4n) is 11.8. The van der Waals surface area contributed by atoms with E-state index >= 15 is 0 Å². The Bertz CT molecular complexity index is 4720. The van der Waals surface area contributed by atoms with Gasteiger partial charge in [-0.05, 0) is 136 Å². The maximum absolute atomic E-state index is 5.52. The molecule has 0 aliphatic rings. The number of rotatable bonds is 7. The minimum Gasteiger partial charge on any atom is -0.308 e. The van der Waals surface area contributed by atoms with E-state index in [9.17, 15) is 0 Å². The molecule has 3 heterocycles. The molecular weight excluding hydrogens is 909 g/mol. The number of nitrogens with zero attached hydrogens (tertiary/aromatic N) is 4. The van der Waals surface area contributed by atoms with Gasteiger partial charge in [0.05, 0.1) is 28.6 Å². The summed E-state index contributed by atoms with van der Waals surface area (Å²) in [4.78, 5) is 15.5. The van der Waals surface area contributed by atoms with Gasteiger partial charge in [0.15, 0.2) is 5.82 Å². The summed E-state index contributed by atoms with van der Waals surface area (Å²) < 4.78 is 2.33. The van der Waals surface area contributed by atoms with Crippen LogP contribution in [0.4, 0.5) is 0 Å². The van der Waals surface area contributed by atoms with Gasteiger partial charge in [-0.3, -0.25) is 4.98 Å². The number of pyridine rings is 1. The summed E-state index contributed by atoms with van der Waals surface area (Å²) in [6, 6.07) is 92.1. The quantitative estimate of drug-likeness (QED) is 0.150. The van der Waals surface area contributed by atoms with Gasteiger partial charge >= 0.3 is 0 Å². The van der Waals surface area contributed by atoms with Gasteiger partial charge in [-0.2, -0.15) is 0 Å². The minimum atomic E-state index is 0.666. The van der Waals surface area contributed by atoms with Gasteiger partial charge in [0.25, 0.3) is 0 Å². The van der Waals surface area contributed by atoms with Crippen LogP contribution in [0.25, 0.3) is 149 Å². The van der Waals surface area contributed by atoms with Crippen molar-refractivity contribution in [1.29, 1.82) is 0 Å². The molecule has 0 spiro atoms. The van der Waals surface area contributed by atoms with Crippen LogP contribution in [-0.4, -0.2) is 19.5 Å². The maximum atomic E-state index is 5.52. The Kier molecular flexibility index (Phi) is 9.85. The van der Waals surface area contributed by atoms with E-state index in [1.54, 1.807) is 0 Å². The molecule has 15 rings (SSSR count). The number of hydrogen-bond donors (Lipinski definition) is 0. The van der Waals surface area contributed by atoms with E-state index in [0.29, 0.717) is 5.82 Å². The van der Waals surface area contributed by atoms with Crippen molar-refractivity contribution in [2.75, 3.05) is 0 Å². The van der Waals surface area contributed by atoms with E-state index in [0.717, 1.165) is 66.7 Å². The van der Waals surface area contributed by atoms with Crippen molar-refractivity contribution in [2.24, 2.45) is 0 Å². The van der Waals surface area contributed by atoms with Gasteiger partial charge in [0, 0.05) is 39.3 Å². The summed E-state index contributed by atoms with van der Waals surface area (Å²) >= 11 is 0. The zero-order chi connectivity index (χ0) is 49.4. The monoisotopic (exact) mass is 952 g/mol. The number of aromatic nitrogens is 4. The van der Waals surface area contributed by atoms with Gasteiger partial charge in [0.1, 0.15) is 0 Å². The normalized spacial score (nSPS) is 11.7. The molecule has 12 aromatic carbocycles. The molecule has 0 aliphatic carbocycles. The van der Waals surface area contributed by atoms with Crippen LogP contribution in [0, 0.1) is 0 Å². The van der Waals surface area contributed by atoms with Gasteiger partial charge in [-0.25, -0.2) is 9.97 Å². The average molecular weight is 953 g/mol. The van der Waals surface area contributed by atoms with Crippen molar-refractivity contribution >= 4 is 75.7 Å². The Morgan fingerprint density at radius 3 is 1.59 bits per heavy atom. The fourth-order valence-corrected chi connectivity index (χ4v) is 11.8. The van der Waals surface area contributed by atoms with Crippen molar-refractivity contribution in [3.8, 4) is 73.0 Å². The average Bonchev–Trinajstić information content (AvgIpc) is 3.86. The van der Waals surface area contributed by atoms with Crippen molar-refractivity contribution in [2.45, 2.75) is 0 Å². The standard InChI is InChI=1S/C71H44N4/c1-2-17-47(18-3-1)69-59-25-10-12-27-61(59)70(62-28-13-11-26-60(62)69)63-35-34-57(55-23-8-9-24-56(55)63)66-43-65(52-30-29-45-15-4-6-19-48(45)39-52)73-71(74-66)53-22-14-21-49(40-53)51-32-36-67-64(42-51)58-37-38-72-44-68(58)75(67)54-33-31-46-16-5-7-20-50(46)41-54/h1-44H. The van der Waals surface area contributed by atoms with Crippen LogP contribution in [-0.2, 0) is 0 Å².